The number of carbonyl (C=O) groups is 1. The van der Waals surface area contributed by atoms with Gasteiger partial charge in [0.1, 0.15) is 12.4 Å². The van der Waals surface area contributed by atoms with E-state index in [2.05, 4.69) is 53.4 Å². The molecule has 27 heavy (non-hydrogen) atoms. The first-order valence-corrected chi connectivity index (χ1v) is 9.80. The van der Waals surface area contributed by atoms with Gasteiger partial charge in [0.25, 0.3) is 0 Å². The predicted octanol–water partition coefficient (Wildman–Crippen LogP) is 3.54. The number of fused-ring (bicyclic) bond motifs is 2. The highest BCUT2D eigenvalue weighted by Gasteiger charge is 2.47. The Kier molecular flexibility index (Phi) is 5.44. The van der Waals surface area contributed by atoms with Gasteiger partial charge in [-0.15, -0.1) is 0 Å². The van der Waals surface area contributed by atoms with Crippen LogP contribution in [0.3, 0.4) is 0 Å². The first kappa shape index (κ1) is 18.1. The highest BCUT2D eigenvalue weighted by Crippen LogP contribution is 2.42. The van der Waals surface area contributed by atoms with Crippen molar-refractivity contribution in [2.45, 2.75) is 25.3 Å². The summed E-state index contributed by atoms with van der Waals surface area (Å²) >= 11 is 0. The van der Waals surface area contributed by atoms with Crippen molar-refractivity contribution in [1.82, 2.24) is 4.90 Å². The zero-order chi connectivity index (χ0) is 18.6. The van der Waals surface area contributed by atoms with Crippen LogP contribution in [-0.2, 0) is 16.0 Å². The summed E-state index contributed by atoms with van der Waals surface area (Å²) in [4.78, 5) is 14.3. The average molecular weight is 365 g/mol. The summed E-state index contributed by atoms with van der Waals surface area (Å²) in [7, 11) is 1.49. The molecule has 1 heterocycles. The maximum absolute atomic E-state index is 11.8. The molecule has 4 rings (SSSR count). The standard InChI is InChI=1S/C23H27NO3/c1-26-23(25)22-15-20-14-19(22)16-24(20)11-12-27-21-9-7-18(8-10-21)13-17-5-3-2-4-6-17/h2-10,19-20,22H,11-16H2,1H3/t19-,20-,22-/m1/s1. The van der Waals surface area contributed by atoms with Crippen LogP contribution in [0.2, 0.25) is 0 Å². The minimum atomic E-state index is -0.0333. The van der Waals surface area contributed by atoms with Gasteiger partial charge in [-0.3, -0.25) is 9.69 Å². The zero-order valence-corrected chi connectivity index (χ0v) is 15.8. The average Bonchev–Trinajstić information content (AvgIpc) is 3.30. The normalized spacial score (nSPS) is 24.1. The Morgan fingerprint density at radius 3 is 2.44 bits per heavy atom. The van der Waals surface area contributed by atoms with Crippen molar-refractivity contribution in [3.63, 3.8) is 0 Å². The minimum Gasteiger partial charge on any atom is -0.492 e. The van der Waals surface area contributed by atoms with E-state index in [1.807, 2.05) is 6.07 Å². The number of likely N-dealkylation sites (tertiary alicyclic amines) is 1. The number of piperidine rings is 1. The van der Waals surface area contributed by atoms with E-state index in [1.54, 1.807) is 0 Å². The van der Waals surface area contributed by atoms with E-state index in [-0.39, 0.29) is 11.9 Å². The maximum atomic E-state index is 11.8. The fraction of sp³-hybridized carbons (Fsp3) is 0.435. The highest BCUT2D eigenvalue weighted by atomic mass is 16.5. The molecule has 4 heteroatoms. The Labute approximate surface area is 161 Å². The molecule has 1 aliphatic heterocycles. The molecule has 0 unspecified atom stereocenters. The third-order valence-corrected chi connectivity index (χ3v) is 5.98. The molecule has 2 fully saturated rings. The molecule has 0 aromatic heterocycles. The fourth-order valence-corrected chi connectivity index (χ4v) is 4.58. The van der Waals surface area contributed by atoms with E-state index < -0.39 is 0 Å². The topological polar surface area (TPSA) is 38.8 Å². The molecule has 0 radical (unpaired) electrons. The smallest absolute Gasteiger partial charge is 0.309 e. The molecule has 1 aliphatic carbocycles. The molecular formula is C23H27NO3. The van der Waals surface area contributed by atoms with Crippen LogP contribution in [0, 0.1) is 11.8 Å². The van der Waals surface area contributed by atoms with Crippen LogP contribution >= 0.6 is 0 Å². The second kappa shape index (κ2) is 8.13. The lowest BCUT2D eigenvalue weighted by Gasteiger charge is -2.30. The highest BCUT2D eigenvalue weighted by molar-refractivity contribution is 5.73. The summed E-state index contributed by atoms with van der Waals surface area (Å²) in [5, 5.41) is 0. The van der Waals surface area contributed by atoms with Gasteiger partial charge < -0.3 is 9.47 Å². The largest absolute Gasteiger partial charge is 0.492 e. The Balaban J connectivity index is 1.22. The summed E-state index contributed by atoms with van der Waals surface area (Å²) in [6, 6.07) is 19.4. The zero-order valence-electron chi connectivity index (χ0n) is 15.8. The molecule has 4 nitrogen and oxygen atoms in total. The van der Waals surface area contributed by atoms with Crippen LogP contribution in [0.25, 0.3) is 0 Å². The fourth-order valence-electron chi connectivity index (χ4n) is 4.58. The van der Waals surface area contributed by atoms with Crippen LogP contribution in [0.4, 0.5) is 0 Å². The number of ether oxygens (including phenoxy) is 2. The van der Waals surface area contributed by atoms with Crippen molar-refractivity contribution >= 4 is 5.97 Å². The molecule has 0 amide bonds. The first-order valence-electron chi connectivity index (χ1n) is 9.80. The van der Waals surface area contributed by atoms with E-state index in [1.165, 1.54) is 18.2 Å². The monoisotopic (exact) mass is 365 g/mol. The molecule has 142 valence electrons. The van der Waals surface area contributed by atoms with Gasteiger partial charge in [0, 0.05) is 19.1 Å². The lowest BCUT2D eigenvalue weighted by atomic mass is 9.95. The summed E-state index contributed by atoms with van der Waals surface area (Å²) in [6.45, 7) is 2.59. The number of carbonyl (C=O) groups excluding carboxylic acids is 1. The Morgan fingerprint density at radius 2 is 1.78 bits per heavy atom. The molecule has 3 atom stereocenters. The molecule has 2 aliphatic rings. The quantitative estimate of drug-likeness (QED) is 0.704. The van der Waals surface area contributed by atoms with Crippen molar-refractivity contribution in [1.29, 1.82) is 0 Å². The number of nitrogens with zero attached hydrogens (tertiary/aromatic N) is 1. The number of hydrogen-bond acceptors (Lipinski definition) is 4. The molecule has 0 N–H and O–H groups in total. The van der Waals surface area contributed by atoms with Crippen LogP contribution in [0.1, 0.15) is 24.0 Å². The van der Waals surface area contributed by atoms with E-state index in [9.17, 15) is 4.79 Å². The second-order valence-electron chi connectivity index (χ2n) is 7.66. The summed E-state index contributed by atoms with van der Waals surface area (Å²) in [6.07, 6.45) is 3.00. The van der Waals surface area contributed by atoms with Gasteiger partial charge in [0.15, 0.2) is 0 Å². The van der Waals surface area contributed by atoms with Gasteiger partial charge in [-0.25, -0.2) is 0 Å². The molecular weight excluding hydrogens is 338 g/mol. The van der Waals surface area contributed by atoms with Gasteiger partial charge in [-0.1, -0.05) is 42.5 Å². The van der Waals surface area contributed by atoms with Gasteiger partial charge >= 0.3 is 5.97 Å². The number of esters is 1. The van der Waals surface area contributed by atoms with Crippen molar-refractivity contribution in [2.24, 2.45) is 11.8 Å². The number of benzene rings is 2. The molecule has 2 aromatic carbocycles. The van der Waals surface area contributed by atoms with E-state index in [0.29, 0.717) is 18.6 Å². The summed E-state index contributed by atoms with van der Waals surface area (Å²) < 4.78 is 10.9. The molecule has 2 aromatic rings. The third-order valence-electron chi connectivity index (χ3n) is 5.98. The number of hydrogen-bond donors (Lipinski definition) is 0. The van der Waals surface area contributed by atoms with E-state index in [0.717, 1.165) is 38.1 Å². The predicted molar refractivity (Wildman–Crippen MR) is 105 cm³/mol. The minimum absolute atomic E-state index is 0.0333. The SMILES string of the molecule is COC(=O)[C@@H]1C[C@H]2C[C@@H]1CN2CCOc1ccc(Cc2ccccc2)cc1. The van der Waals surface area contributed by atoms with Crippen LogP contribution in [-0.4, -0.2) is 43.7 Å². The van der Waals surface area contributed by atoms with Crippen molar-refractivity contribution in [3.05, 3.63) is 65.7 Å². The van der Waals surface area contributed by atoms with E-state index in [4.69, 9.17) is 9.47 Å². The lowest BCUT2D eigenvalue weighted by molar-refractivity contribution is -0.147. The van der Waals surface area contributed by atoms with Gasteiger partial charge in [-0.05, 0) is 48.4 Å². The number of methoxy groups -OCH3 is 1. The van der Waals surface area contributed by atoms with Crippen LogP contribution in [0.15, 0.2) is 54.6 Å². The first-order chi connectivity index (χ1) is 13.2. The lowest BCUT2D eigenvalue weighted by Crippen LogP contribution is -2.40. The Morgan fingerprint density at radius 1 is 1.04 bits per heavy atom. The maximum Gasteiger partial charge on any atom is 0.309 e. The molecule has 1 saturated carbocycles. The molecule has 1 saturated heterocycles. The van der Waals surface area contributed by atoms with Gasteiger partial charge in [0.2, 0.25) is 0 Å². The Bertz CT molecular complexity index is 759. The Hall–Kier alpha value is -2.33. The van der Waals surface area contributed by atoms with Crippen molar-refractivity contribution in [2.75, 3.05) is 26.8 Å². The van der Waals surface area contributed by atoms with Crippen LogP contribution in [0.5, 0.6) is 5.75 Å². The molecule has 0 spiro atoms. The molecule has 2 bridgehead atoms. The van der Waals surface area contributed by atoms with Crippen LogP contribution < -0.4 is 4.74 Å². The van der Waals surface area contributed by atoms with Gasteiger partial charge in [0.05, 0.1) is 13.0 Å². The summed E-state index contributed by atoms with van der Waals surface area (Å²) in [5.74, 6) is 1.45. The number of rotatable bonds is 7. The van der Waals surface area contributed by atoms with Crippen molar-refractivity contribution in [3.8, 4) is 5.75 Å². The van der Waals surface area contributed by atoms with E-state index >= 15 is 0 Å². The second-order valence-corrected chi connectivity index (χ2v) is 7.66. The van der Waals surface area contributed by atoms with Gasteiger partial charge in [-0.2, -0.15) is 0 Å². The summed E-state index contributed by atoms with van der Waals surface area (Å²) in [5.41, 5.74) is 2.61. The third kappa shape index (κ3) is 4.16. The van der Waals surface area contributed by atoms with Crippen molar-refractivity contribution < 1.29 is 14.3 Å².